The molecular weight excluding hydrogens is 220 g/mol. The van der Waals surface area contributed by atoms with E-state index in [1.807, 2.05) is 13.0 Å². The van der Waals surface area contributed by atoms with Crippen LogP contribution in [-0.4, -0.2) is 20.6 Å². The van der Waals surface area contributed by atoms with Crippen LogP contribution >= 0.6 is 11.5 Å². The van der Waals surface area contributed by atoms with Crippen molar-refractivity contribution in [3.8, 4) is 11.4 Å². The molecule has 1 atom stereocenters. The van der Waals surface area contributed by atoms with Crippen molar-refractivity contribution in [2.75, 3.05) is 0 Å². The predicted molar refractivity (Wildman–Crippen MR) is 64.4 cm³/mol. The van der Waals surface area contributed by atoms with Crippen LogP contribution in [0.25, 0.3) is 11.4 Å². The molecular formula is C11H14N4S. The largest absolute Gasteiger partial charge is 0.327 e. The zero-order chi connectivity index (χ0) is 11.1. The zero-order valence-corrected chi connectivity index (χ0v) is 9.97. The smallest absolute Gasteiger partial charge is 0.112 e. The maximum atomic E-state index is 5.96. The van der Waals surface area contributed by atoms with E-state index in [0.717, 1.165) is 36.3 Å². The third kappa shape index (κ3) is 1.56. The third-order valence-electron chi connectivity index (χ3n) is 3.03. The molecule has 0 saturated heterocycles. The lowest BCUT2D eigenvalue weighted by Gasteiger charge is -2.17. The highest BCUT2D eigenvalue weighted by Crippen LogP contribution is 2.32. The van der Waals surface area contributed by atoms with Gasteiger partial charge in [-0.15, -0.1) is 0 Å². The van der Waals surface area contributed by atoms with Gasteiger partial charge in [0, 0.05) is 16.6 Å². The summed E-state index contributed by atoms with van der Waals surface area (Å²) in [5.41, 5.74) is 10.4. The molecule has 2 heterocycles. The van der Waals surface area contributed by atoms with Gasteiger partial charge in [0.05, 0.1) is 0 Å². The van der Waals surface area contributed by atoms with E-state index in [1.165, 1.54) is 10.4 Å². The Morgan fingerprint density at radius 1 is 1.56 bits per heavy atom. The summed E-state index contributed by atoms with van der Waals surface area (Å²) in [7, 11) is 0. The van der Waals surface area contributed by atoms with Gasteiger partial charge in [-0.2, -0.15) is 9.47 Å². The molecule has 1 unspecified atom stereocenters. The molecule has 5 heteroatoms. The van der Waals surface area contributed by atoms with Crippen LogP contribution in [0.2, 0.25) is 0 Å². The van der Waals surface area contributed by atoms with Gasteiger partial charge >= 0.3 is 0 Å². The monoisotopic (exact) mass is 234 g/mol. The predicted octanol–water partition coefficient (Wildman–Crippen LogP) is 1.66. The minimum atomic E-state index is 0.307. The van der Waals surface area contributed by atoms with Gasteiger partial charge in [0.25, 0.3) is 0 Å². The van der Waals surface area contributed by atoms with E-state index in [0.29, 0.717) is 6.04 Å². The molecule has 1 aliphatic carbocycles. The first-order chi connectivity index (χ1) is 7.74. The third-order valence-corrected chi connectivity index (χ3v) is 3.94. The molecule has 2 aromatic heterocycles. The van der Waals surface area contributed by atoms with Gasteiger partial charge < -0.3 is 5.73 Å². The minimum absolute atomic E-state index is 0.307. The van der Waals surface area contributed by atoms with Crippen molar-refractivity contribution in [2.45, 2.75) is 32.2 Å². The van der Waals surface area contributed by atoms with Crippen LogP contribution in [0, 0.1) is 6.92 Å². The Kier molecular flexibility index (Phi) is 2.29. The van der Waals surface area contributed by atoms with Crippen LogP contribution in [0.1, 0.15) is 22.6 Å². The van der Waals surface area contributed by atoms with Crippen molar-refractivity contribution >= 4 is 11.5 Å². The Labute approximate surface area is 98.0 Å². The first-order valence-electron chi connectivity index (χ1n) is 5.49. The van der Waals surface area contributed by atoms with E-state index in [9.17, 15) is 0 Å². The molecule has 2 aromatic rings. The molecule has 0 spiro atoms. The highest BCUT2D eigenvalue weighted by molar-refractivity contribution is 7.06. The van der Waals surface area contributed by atoms with Gasteiger partial charge in [0.2, 0.25) is 0 Å². The number of aromatic nitrogens is 3. The van der Waals surface area contributed by atoms with Gasteiger partial charge in [-0.3, -0.25) is 5.10 Å². The number of rotatable bonds is 1. The van der Waals surface area contributed by atoms with Crippen LogP contribution < -0.4 is 5.73 Å². The van der Waals surface area contributed by atoms with Crippen LogP contribution in [0.5, 0.6) is 0 Å². The number of H-pyrrole nitrogens is 1. The fourth-order valence-corrected chi connectivity index (χ4v) is 3.17. The molecule has 16 heavy (non-hydrogen) atoms. The Balaban J connectivity index is 2.03. The first kappa shape index (κ1) is 9.99. The summed E-state index contributed by atoms with van der Waals surface area (Å²) >= 11 is 1.58. The van der Waals surface area contributed by atoms with E-state index < -0.39 is 0 Å². The number of fused-ring (bicyclic) bond motifs is 1. The van der Waals surface area contributed by atoms with E-state index in [4.69, 9.17) is 5.73 Å². The van der Waals surface area contributed by atoms with Crippen molar-refractivity contribution < 1.29 is 0 Å². The second kappa shape index (κ2) is 3.68. The molecule has 0 radical (unpaired) electrons. The number of aryl methyl sites for hydroxylation is 1. The molecule has 1 aliphatic rings. The lowest BCUT2D eigenvalue weighted by molar-refractivity contribution is 0.584. The maximum absolute atomic E-state index is 5.96. The first-order valence-corrected chi connectivity index (χ1v) is 6.27. The Morgan fingerprint density at radius 2 is 2.44 bits per heavy atom. The fourth-order valence-electron chi connectivity index (χ4n) is 2.17. The van der Waals surface area contributed by atoms with Gasteiger partial charge in [0.1, 0.15) is 11.4 Å². The van der Waals surface area contributed by atoms with Crippen molar-refractivity contribution in [3.05, 3.63) is 22.2 Å². The molecule has 0 bridgehead atoms. The average molecular weight is 234 g/mol. The second-order valence-electron chi connectivity index (χ2n) is 4.37. The second-order valence-corrected chi connectivity index (χ2v) is 5.23. The molecule has 0 aliphatic heterocycles. The van der Waals surface area contributed by atoms with Crippen molar-refractivity contribution in [1.82, 2.24) is 14.6 Å². The standard InChI is InChI=1S/C11H14N4S/c1-6-4-9(14-13-6)11-8-3-2-7(12)5-10(8)16-15-11/h4,7H,2-3,5,12H2,1H3,(H,13,14). The number of aromatic amines is 1. The van der Waals surface area contributed by atoms with Crippen molar-refractivity contribution in [1.29, 1.82) is 0 Å². The van der Waals surface area contributed by atoms with Crippen LogP contribution in [0.4, 0.5) is 0 Å². The van der Waals surface area contributed by atoms with Gasteiger partial charge in [0.15, 0.2) is 0 Å². The lowest BCUT2D eigenvalue weighted by atomic mass is 9.93. The molecule has 84 valence electrons. The average Bonchev–Trinajstić information content (AvgIpc) is 2.83. The molecule has 3 N–H and O–H groups in total. The van der Waals surface area contributed by atoms with Gasteiger partial charge in [-0.1, -0.05) is 0 Å². The Morgan fingerprint density at radius 3 is 3.19 bits per heavy atom. The number of nitrogens with two attached hydrogens (primary N) is 1. The zero-order valence-electron chi connectivity index (χ0n) is 9.16. The SMILES string of the molecule is Cc1cc(-c2nsc3c2CCC(N)C3)n[nH]1. The summed E-state index contributed by atoms with van der Waals surface area (Å²) in [6.07, 6.45) is 3.06. The molecule has 3 rings (SSSR count). The summed E-state index contributed by atoms with van der Waals surface area (Å²) in [6.45, 7) is 2.01. The number of hydrogen-bond donors (Lipinski definition) is 2. The van der Waals surface area contributed by atoms with E-state index >= 15 is 0 Å². The molecule has 0 aromatic carbocycles. The molecule has 4 nitrogen and oxygen atoms in total. The Hall–Kier alpha value is -1.20. The summed E-state index contributed by atoms with van der Waals surface area (Å²) in [5, 5.41) is 7.24. The maximum Gasteiger partial charge on any atom is 0.112 e. The van der Waals surface area contributed by atoms with E-state index in [2.05, 4.69) is 14.6 Å². The number of nitrogens with one attached hydrogen (secondary N) is 1. The normalized spacial score (nSPS) is 19.8. The molecule has 0 amide bonds. The van der Waals surface area contributed by atoms with Gasteiger partial charge in [-0.05, 0) is 49.3 Å². The van der Waals surface area contributed by atoms with Crippen LogP contribution in [0.15, 0.2) is 6.07 Å². The topological polar surface area (TPSA) is 67.6 Å². The van der Waals surface area contributed by atoms with Crippen molar-refractivity contribution in [2.24, 2.45) is 5.73 Å². The van der Waals surface area contributed by atoms with E-state index in [-0.39, 0.29) is 0 Å². The molecule has 0 saturated carbocycles. The van der Waals surface area contributed by atoms with Crippen LogP contribution in [0.3, 0.4) is 0 Å². The minimum Gasteiger partial charge on any atom is -0.327 e. The lowest BCUT2D eigenvalue weighted by Crippen LogP contribution is -2.26. The van der Waals surface area contributed by atoms with Crippen molar-refractivity contribution in [3.63, 3.8) is 0 Å². The highest BCUT2D eigenvalue weighted by atomic mass is 32.1. The highest BCUT2D eigenvalue weighted by Gasteiger charge is 2.23. The number of nitrogens with zero attached hydrogens (tertiary/aromatic N) is 2. The van der Waals surface area contributed by atoms with Crippen LogP contribution in [-0.2, 0) is 12.8 Å². The summed E-state index contributed by atoms with van der Waals surface area (Å²) in [5.74, 6) is 0. The summed E-state index contributed by atoms with van der Waals surface area (Å²) in [6, 6.07) is 2.35. The van der Waals surface area contributed by atoms with Gasteiger partial charge in [-0.25, -0.2) is 0 Å². The summed E-state index contributed by atoms with van der Waals surface area (Å²) < 4.78 is 4.52. The quantitative estimate of drug-likeness (QED) is 0.788. The Bertz CT molecular complexity index is 514. The summed E-state index contributed by atoms with van der Waals surface area (Å²) in [4.78, 5) is 1.34. The number of hydrogen-bond acceptors (Lipinski definition) is 4. The molecule has 0 fully saturated rings. The van der Waals surface area contributed by atoms with E-state index in [1.54, 1.807) is 11.5 Å². The fraction of sp³-hybridized carbons (Fsp3) is 0.455.